The van der Waals surface area contributed by atoms with Gasteiger partial charge in [0.1, 0.15) is 5.75 Å². The number of hydrogen-bond donors (Lipinski definition) is 2. The fourth-order valence-electron chi connectivity index (χ4n) is 1.78. The summed E-state index contributed by atoms with van der Waals surface area (Å²) in [5.74, 6) is -1.65. The van der Waals surface area contributed by atoms with Crippen molar-refractivity contribution < 1.29 is 32.6 Å². The topological polar surface area (TPSA) is 75.6 Å². The van der Waals surface area contributed by atoms with Crippen molar-refractivity contribution in [3.63, 3.8) is 0 Å². The normalized spacial score (nSPS) is 12.5. The number of carboxylic acids is 1. The highest BCUT2D eigenvalue weighted by Crippen LogP contribution is 2.22. The van der Waals surface area contributed by atoms with Gasteiger partial charge in [-0.25, -0.2) is 0 Å². The van der Waals surface area contributed by atoms with Crippen LogP contribution in [0.25, 0.3) is 0 Å². The summed E-state index contributed by atoms with van der Waals surface area (Å²) < 4.78 is 39.7. The summed E-state index contributed by atoms with van der Waals surface area (Å²) in [6.07, 6.45) is -4.46. The second-order valence-corrected chi connectivity index (χ2v) is 4.76. The number of benzene rings is 1. The van der Waals surface area contributed by atoms with Crippen molar-refractivity contribution in [1.82, 2.24) is 5.32 Å². The second-order valence-electron chi connectivity index (χ2n) is 4.76. The number of rotatable bonds is 7. The van der Waals surface area contributed by atoms with Crippen LogP contribution in [0.5, 0.6) is 5.75 Å². The Morgan fingerprint density at radius 3 is 2.36 bits per heavy atom. The van der Waals surface area contributed by atoms with E-state index in [-0.39, 0.29) is 24.5 Å². The molecule has 8 heteroatoms. The molecule has 1 aromatic rings. The molecule has 0 fully saturated rings. The molecule has 5 nitrogen and oxygen atoms in total. The molecular formula is C14H16F3NO4. The third-order valence-electron chi connectivity index (χ3n) is 2.69. The van der Waals surface area contributed by atoms with E-state index < -0.39 is 18.4 Å². The molecule has 0 bridgehead atoms. The first-order valence-electron chi connectivity index (χ1n) is 6.51. The van der Waals surface area contributed by atoms with Crippen LogP contribution in [0, 0.1) is 0 Å². The molecule has 2 N–H and O–H groups in total. The Balaban J connectivity index is 2.41. The Bertz CT molecular complexity index is 514. The Morgan fingerprint density at radius 2 is 1.86 bits per heavy atom. The number of halogens is 3. The molecule has 0 aliphatic carbocycles. The number of hydrogen-bond acceptors (Lipinski definition) is 3. The lowest BCUT2D eigenvalue weighted by Gasteiger charge is -2.12. The molecule has 0 aliphatic heterocycles. The van der Waals surface area contributed by atoms with Crippen LogP contribution in [0.3, 0.4) is 0 Å². The minimum absolute atomic E-state index is 0.115. The van der Waals surface area contributed by atoms with Crippen LogP contribution < -0.4 is 10.1 Å². The summed E-state index contributed by atoms with van der Waals surface area (Å²) >= 11 is 0. The highest BCUT2D eigenvalue weighted by atomic mass is 19.4. The number of ether oxygens (including phenoxy) is 1. The summed E-state index contributed by atoms with van der Waals surface area (Å²) in [4.78, 5) is 22.0. The van der Waals surface area contributed by atoms with Crippen LogP contribution >= 0.6 is 0 Å². The minimum Gasteiger partial charge on any atom is -0.481 e. The molecule has 22 heavy (non-hydrogen) atoms. The molecule has 0 heterocycles. The molecule has 0 radical (unpaired) electrons. The second kappa shape index (κ2) is 7.67. The van der Waals surface area contributed by atoms with Crippen molar-refractivity contribution in [3.8, 4) is 5.75 Å². The molecule has 0 saturated heterocycles. The molecule has 0 spiro atoms. The largest absolute Gasteiger partial charge is 0.573 e. The summed E-state index contributed by atoms with van der Waals surface area (Å²) in [5, 5.41) is 11.1. The predicted molar refractivity (Wildman–Crippen MR) is 71.3 cm³/mol. The molecule has 0 saturated carbocycles. The summed E-state index contributed by atoms with van der Waals surface area (Å²) in [7, 11) is 0. The first-order chi connectivity index (χ1) is 10.2. The fraction of sp³-hybridized carbons (Fsp3) is 0.429. The number of aliphatic carboxylic acids is 1. The van der Waals surface area contributed by atoms with Crippen LogP contribution in [-0.4, -0.2) is 29.4 Å². The van der Waals surface area contributed by atoms with Crippen molar-refractivity contribution in [2.75, 3.05) is 0 Å². The smallest absolute Gasteiger partial charge is 0.481 e. The SMILES string of the molecule is CC(CC(=O)O)NC(=O)CCc1ccc(OC(F)(F)F)cc1. The standard InChI is InChI=1S/C14H16F3NO4/c1-9(8-13(20)21)18-12(19)7-4-10-2-5-11(6-3-10)22-14(15,16)17/h2-3,5-6,9H,4,7-8H2,1H3,(H,18,19)(H,20,21). The third-order valence-corrected chi connectivity index (χ3v) is 2.69. The van der Waals surface area contributed by atoms with Crippen molar-refractivity contribution in [2.24, 2.45) is 0 Å². The highest BCUT2D eigenvalue weighted by molar-refractivity contribution is 5.77. The van der Waals surface area contributed by atoms with Gasteiger partial charge in [0.2, 0.25) is 5.91 Å². The lowest BCUT2D eigenvalue weighted by Crippen LogP contribution is -2.34. The average molecular weight is 319 g/mol. The molecule has 122 valence electrons. The van der Waals surface area contributed by atoms with Gasteiger partial charge in [0.25, 0.3) is 0 Å². The first kappa shape index (κ1) is 17.8. The van der Waals surface area contributed by atoms with Gasteiger partial charge in [-0.2, -0.15) is 0 Å². The van der Waals surface area contributed by atoms with Gasteiger partial charge in [-0.15, -0.1) is 13.2 Å². The van der Waals surface area contributed by atoms with E-state index in [4.69, 9.17) is 5.11 Å². The van der Waals surface area contributed by atoms with Crippen LogP contribution in [-0.2, 0) is 16.0 Å². The number of nitrogens with one attached hydrogen (secondary N) is 1. The van der Waals surface area contributed by atoms with Crippen molar-refractivity contribution >= 4 is 11.9 Å². The van der Waals surface area contributed by atoms with E-state index in [0.717, 1.165) is 0 Å². The minimum atomic E-state index is -4.73. The molecule has 0 aromatic heterocycles. The molecule has 0 aliphatic rings. The maximum Gasteiger partial charge on any atom is 0.573 e. The van der Waals surface area contributed by atoms with E-state index in [1.165, 1.54) is 24.3 Å². The Labute approximate surface area is 125 Å². The van der Waals surface area contributed by atoms with Gasteiger partial charge < -0.3 is 15.2 Å². The summed E-state index contributed by atoms with van der Waals surface area (Å²) in [6, 6.07) is 4.75. The van der Waals surface area contributed by atoms with E-state index in [2.05, 4.69) is 10.1 Å². The molecule has 1 rings (SSSR count). The monoisotopic (exact) mass is 319 g/mol. The Hall–Kier alpha value is -2.25. The van der Waals surface area contributed by atoms with E-state index >= 15 is 0 Å². The van der Waals surface area contributed by atoms with E-state index in [1.54, 1.807) is 6.92 Å². The molecule has 1 amide bonds. The van der Waals surface area contributed by atoms with Crippen LogP contribution in [0.2, 0.25) is 0 Å². The number of carboxylic acid groups (broad SMARTS) is 1. The number of amides is 1. The zero-order valence-corrected chi connectivity index (χ0v) is 11.8. The van der Waals surface area contributed by atoms with Crippen LogP contribution in [0.4, 0.5) is 13.2 Å². The van der Waals surface area contributed by atoms with Gasteiger partial charge >= 0.3 is 12.3 Å². The molecule has 1 atom stereocenters. The molecule has 1 aromatic carbocycles. The summed E-state index contributed by atoms with van der Waals surface area (Å²) in [6.45, 7) is 1.58. The van der Waals surface area contributed by atoms with Gasteiger partial charge in [-0.1, -0.05) is 12.1 Å². The predicted octanol–water partition coefficient (Wildman–Crippen LogP) is 2.50. The van der Waals surface area contributed by atoms with Crippen LogP contribution in [0.15, 0.2) is 24.3 Å². The van der Waals surface area contributed by atoms with Gasteiger partial charge in [0.05, 0.1) is 6.42 Å². The molecular weight excluding hydrogens is 303 g/mol. The number of carbonyl (C=O) groups is 2. The fourth-order valence-corrected chi connectivity index (χ4v) is 1.78. The van der Waals surface area contributed by atoms with Gasteiger partial charge in [-0.05, 0) is 31.0 Å². The van der Waals surface area contributed by atoms with Crippen molar-refractivity contribution in [1.29, 1.82) is 0 Å². The van der Waals surface area contributed by atoms with Crippen LogP contribution in [0.1, 0.15) is 25.3 Å². The van der Waals surface area contributed by atoms with Gasteiger partial charge in [-0.3, -0.25) is 9.59 Å². The Morgan fingerprint density at radius 1 is 1.27 bits per heavy atom. The quantitative estimate of drug-likeness (QED) is 0.809. The zero-order chi connectivity index (χ0) is 16.8. The zero-order valence-electron chi connectivity index (χ0n) is 11.8. The Kier molecular flexibility index (Phi) is 6.21. The highest BCUT2D eigenvalue weighted by Gasteiger charge is 2.30. The van der Waals surface area contributed by atoms with E-state index in [9.17, 15) is 22.8 Å². The van der Waals surface area contributed by atoms with Crippen molar-refractivity contribution in [2.45, 2.75) is 38.6 Å². The van der Waals surface area contributed by atoms with Gasteiger partial charge in [0.15, 0.2) is 0 Å². The molecule has 1 unspecified atom stereocenters. The first-order valence-corrected chi connectivity index (χ1v) is 6.51. The summed E-state index contributed by atoms with van der Waals surface area (Å²) in [5.41, 5.74) is 0.676. The van der Waals surface area contributed by atoms with Gasteiger partial charge in [0, 0.05) is 12.5 Å². The lowest BCUT2D eigenvalue weighted by atomic mass is 10.1. The van der Waals surface area contributed by atoms with E-state index in [0.29, 0.717) is 12.0 Å². The maximum atomic E-state index is 12.0. The van der Waals surface area contributed by atoms with E-state index in [1.807, 2.05) is 0 Å². The number of carbonyl (C=O) groups excluding carboxylic acids is 1. The third kappa shape index (κ3) is 7.51. The number of alkyl halides is 3. The lowest BCUT2D eigenvalue weighted by molar-refractivity contribution is -0.274. The number of aryl methyl sites for hydroxylation is 1. The maximum absolute atomic E-state index is 12.0. The average Bonchev–Trinajstić information content (AvgIpc) is 2.35. The van der Waals surface area contributed by atoms with Crippen molar-refractivity contribution in [3.05, 3.63) is 29.8 Å².